The van der Waals surface area contributed by atoms with Crippen LogP contribution in [0.4, 0.5) is 0 Å². The van der Waals surface area contributed by atoms with Gasteiger partial charge in [0.15, 0.2) is 0 Å². The number of aryl methyl sites for hydroxylation is 2. The second kappa shape index (κ2) is 6.91. The predicted octanol–water partition coefficient (Wildman–Crippen LogP) is 4.74. The van der Waals surface area contributed by atoms with E-state index in [1.807, 2.05) is 18.4 Å². The summed E-state index contributed by atoms with van der Waals surface area (Å²) in [7, 11) is 0. The molecular formula is C22H23N3OS. The Bertz CT molecular complexity index is 1190. The van der Waals surface area contributed by atoms with Crippen LogP contribution >= 0.6 is 11.3 Å². The molecule has 5 heteroatoms. The van der Waals surface area contributed by atoms with Crippen molar-refractivity contribution in [1.29, 1.82) is 0 Å². The van der Waals surface area contributed by atoms with Crippen molar-refractivity contribution in [2.45, 2.75) is 33.1 Å². The number of rotatable bonds is 4. The Balaban J connectivity index is 2.08. The van der Waals surface area contributed by atoms with Crippen molar-refractivity contribution in [2.75, 3.05) is 6.54 Å². The van der Waals surface area contributed by atoms with Gasteiger partial charge in [-0.2, -0.15) is 0 Å². The minimum absolute atomic E-state index is 0.0419. The molecule has 0 fully saturated rings. The summed E-state index contributed by atoms with van der Waals surface area (Å²) in [5.41, 5.74) is 12.0. The first-order valence-electron chi connectivity index (χ1n) is 9.28. The Morgan fingerprint density at radius 1 is 1.22 bits per heavy atom. The monoisotopic (exact) mass is 377 g/mol. The number of hydrogen-bond donors (Lipinski definition) is 2. The molecule has 4 rings (SSSR count). The maximum absolute atomic E-state index is 12.5. The van der Waals surface area contributed by atoms with Crippen LogP contribution < -0.4 is 11.3 Å². The van der Waals surface area contributed by atoms with Crippen molar-refractivity contribution in [1.82, 2.24) is 9.97 Å². The standard InChI is InChI=1S/C22H23N3OS/c1-4-17-18(15-7-5-14(6-8-15)12(2)11-23)19-16-9-10-27-21(16)22(26)25-20(19)13(3)24-17/h5-10,12H,4,11,23H2,1-3H3,(H,25,26). The molecular weight excluding hydrogens is 354 g/mol. The zero-order valence-electron chi connectivity index (χ0n) is 15.8. The molecule has 0 aliphatic carbocycles. The van der Waals surface area contributed by atoms with E-state index < -0.39 is 0 Å². The molecule has 1 aromatic carbocycles. The fourth-order valence-corrected chi connectivity index (χ4v) is 4.52. The average Bonchev–Trinajstić information content (AvgIpc) is 3.18. The number of thiophene rings is 1. The highest BCUT2D eigenvalue weighted by Crippen LogP contribution is 2.37. The van der Waals surface area contributed by atoms with Crippen LogP contribution in [-0.2, 0) is 6.42 Å². The van der Waals surface area contributed by atoms with Gasteiger partial charge in [0.2, 0.25) is 0 Å². The number of nitrogens with zero attached hydrogens (tertiary/aromatic N) is 1. The Morgan fingerprint density at radius 3 is 2.63 bits per heavy atom. The quantitative estimate of drug-likeness (QED) is 0.540. The minimum Gasteiger partial charge on any atom is -0.330 e. The highest BCUT2D eigenvalue weighted by Gasteiger charge is 2.18. The molecule has 0 bridgehead atoms. The van der Waals surface area contributed by atoms with Gasteiger partial charge in [0.05, 0.1) is 11.2 Å². The third-order valence-electron chi connectivity index (χ3n) is 5.29. The first-order chi connectivity index (χ1) is 13.0. The van der Waals surface area contributed by atoms with Gasteiger partial charge in [0.1, 0.15) is 4.70 Å². The maximum Gasteiger partial charge on any atom is 0.266 e. The summed E-state index contributed by atoms with van der Waals surface area (Å²) in [6.07, 6.45) is 0.831. The number of fused-ring (bicyclic) bond motifs is 3. The molecule has 4 nitrogen and oxygen atoms in total. The number of benzene rings is 1. The molecule has 0 amide bonds. The predicted molar refractivity (Wildman–Crippen MR) is 115 cm³/mol. The molecule has 3 N–H and O–H groups in total. The van der Waals surface area contributed by atoms with Gasteiger partial charge in [-0.25, -0.2) is 0 Å². The first-order valence-corrected chi connectivity index (χ1v) is 10.2. The lowest BCUT2D eigenvalue weighted by Gasteiger charge is -2.16. The summed E-state index contributed by atoms with van der Waals surface area (Å²) in [6.45, 7) is 6.85. The van der Waals surface area contributed by atoms with Crippen molar-refractivity contribution in [3.8, 4) is 11.1 Å². The van der Waals surface area contributed by atoms with Gasteiger partial charge >= 0.3 is 0 Å². The molecule has 3 heterocycles. The molecule has 0 saturated carbocycles. The lowest BCUT2D eigenvalue weighted by molar-refractivity contribution is 0.774. The number of nitrogens with two attached hydrogens (primary N) is 1. The van der Waals surface area contributed by atoms with Gasteiger partial charge in [-0.3, -0.25) is 9.78 Å². The molecule has 1 unspecified atom stereocenters. The lowest BCUT2D eigenvalue weighted by atomic mass is 9.93. The third-order valence-corrected chi connectivity index (χ3v) is 6.20. The fraction of sp³-hybridized carbons (Fsp3) is 0.273. The second-order valence-corrected chi connectivity index (χ2v) is 7.91. The van der Waals surface area contributed by atoms with Crippen LogP contribution in [0.25, 0.3) is 32.1 Å². The first kappa shape index (κ1) is 17.9. The van der Waals surface area contributed by atoms with E-state index in [9.17, 15) is 4.79 Å². The number of H-pyrrole nitrogens is 1. The SMILES string of the molecule is CCc1nc(C)c2[nH]c(=O)c3sccc3c2c1-c1ccc(C(C)CN)cc1. The van der Waals surface area contributed by atoms with E-state index in [2.05, 4.69) is 43.1 Å². The van der Waals surface area contributed by atoms with E-state index in [0.29, 0.717) is 12.5 Å². The maximum atomic E-state index is 12.5. The number of nitrogens with one attached hydrogen (secondary N) is 1. The largest absolute Gasteiger partial charge is 0.330 e. The molecule has 27 heavy (non-hydrogen) atoms. The Morgan fingerprint density at radius 2 is 1.96 bits per heavy atom. The van der Waals surface area contributed by atoms with E-state index >= 15 is 0 Å². The number of pyridine rings is 2. The van der Waals surface area contributed by atoms with Crippen LogP contribution in [0, 0.1) is 6.92 Å². The number of aromatic amines is 1. The van der Waals surface area contributed by atoms with Gasteiger partial charge in [0.25, 0.3) is 5.56 Å². The highest BCUT2D eigenvalue weighted by atomic mass is 32.1. The summed E-state index contributed by atoms with van der Waals surface area (Å²) in [4.78, 5) is 20.4. The van der Waals surface area contributed by atoms with Gasteiger partial charge in [0, 0.05) is 22.0 Å². The van der Waals surface area contributed by atoms with Gasteiger partial charge in [-0.05, 0) is 48.4 Å². The van der Waals surface area contributed by atoms with Gasteiger partial charge in [-0.15, -0.1) is 11.3 Å². The van der Waals surface area contributed by atoms with Crippen LogP contribution in [0.15, 0.2) is 40.5 Å². The Hall–Kier alpha value is -2.50. The summed E-state index contributed by atoms with van der Waals surface area (Å²) < 4.78 is 0.768. The van der Waals surface area contributed by atoms with Crippen molar-refractivity contribution < 1.29 is 0 Å². The van der Waals surface area contributed by atoms with E-state index in [1.165, 1.54) is 16.9 Å². The zero-order valence-corrected chi connectivity index (χ0v) is 16.6. The zero-order chi connectivity index (χ0) is 19.1. The average molecular weight is 378 g/mol. The summed E-state index contributed by atoms with van der Waals surface area (Å²) in [5.74, 6) is 0.331. The topological polar surface area (TPSA) is 71.8 Å². The Kier molecular flexibility index (Phi) is 4.58. The Labute approximate surface area is 162 Å². The van der Waals surface area contributed by atoms with Gasteiger partial charge in [-0.1, -0.05) is 38.1 Å². The van der Waals surface area contributed by atoms with E-state index in [0.717, 1.165) is 49.9 Å². The minimum atomic E-state index is -0.0419. The van der Waals surface area contributed by atoms with E-state index in [-0.39, 0.29) is 5.56 Å². The summed E-state index contributed by atoms with van der Waals surface area (Å²) in [5, 5.41) is 4.08. The molecule has 0 saturated heterocycles. The van der Waals surface area contributed by atoms with Crippen LogP contribution in [0.5, 0.6) is 0 Å². The van der Waals surface area contributed by atoms with Crippen molar-refractivity contribution in [2.24, 2.45) is 5.73 Å². The normalized spacial score (nSPS) is 12.7. The fourth-order valence-electron chi connectivity index (χ4n) is 3.72. The highest BCUT2D eigenvalue weighted by molar-refractivity contribution is 7.17. The molecule has 3 aromatic heterocycles. The smallest absolute Gasteiger partial charge is 0.266 e. The number of aromatic nitrogens is 2. The second-order valence-electron chi connectivity index (χ2n) is 7.00. The molecule has 4 aromatic rings. The van der Waals surface area contributed by atoms with Gasteiger partial charge < -0.3 is 10.7 Å². The van der Waals surface area contributed by atoms with Crippen LogP contribution in [-0.4, -0.2) is 16.5 Å². The van der Waals surface area contributed by atoms with Crippen molar-refractivity contribution >= 4 is 32.3 Å². The number of hydrogen-bond acceptors (Lipinski definition) is 4. The van der Waals surface area contributed by atoms with Crippen LogP contribution in [0.3, 0.4) is 0 Å². The third kappa shape index (κ3) is 2.87. The summed E-state index contributed by atoms with van der Waals surface area (Å²) in [6, 6.07) is 10.6. The van der Waals surface area contributed by atoms with E-state index in [1.54, 1.807) is 0 Å². The van der Waals surface area contributed by atoms with Crippen molar-refractivity contribution in [3.63, 3.8) is 0 Å². The molecule has 0 aliphatic heterocycles. The van der Waals surface area contributed by atoms with Crippen LogP contribution in [0.1, 0.15) is 36.7 Å². The molecule has 0 spiro atoms. The molecule has 1 atom stereocenters. The summed E-state index contributed by atoms with van der Waals surface area (Å²) >= 11 is 1.48. The van der Waals surface area contributed by atoms with Crippen LogP contribution in [0.2, 0.25) is 0 Å². The van der Waals surface area contributed by atoms with Crippen molar-refractivity contribution in [3.05, 3.63) is 63.0 Å². The lowest BCUT2D eigenvalue weighted by Crippen LogP contribution is -2.09. The molecule has 0 radical (unpaired) electrons. The van der Waals surface area contributed by atoms with E-state index in [4.69, 9.17) is 10.7 Å². The molecule has 0 aliphatic rings. The molecule has 138 valence electrons.